The SMILES string of the molecule is CC(c1ccc(CC(=O)OS)cc1)C(F)(F)Oc1ccc(C(=O)OS)cc1. The van der Waals surface area contributed by atoms with Gasteiger partial charge in [0.2, 0.25) is 0 Å². The third-order valence-electron chi connectivity index (χ3n) is 3.86. The maximum atomic E-state index is 14.5. The van der Waals surface area contributed by atoms with Crippen LogP contribution >= 0.6 is 25.8 Å². The Morgan fingerprint density at radius 3 is 2.11 bits per heavy atom. The fraction of sp³-hybridized carbons (Fsp3) is 0.222. The summed E-state index contributed by atoms with van der Waals surface area (Å²) in [6.07, 6.45) is -3.51. The van der Waals surface area contributed by atoms with Gasteiger partial charge in [-0.25, -0.2) is 4.79 Å². The standard InChI is InChI=1S/C18H16F2O5S2/c1-11(13-4-2-12(3-5-13)10-16(21)24-26)18(19,20)23-15-8-6-14(7-9-15)17(22)25-27/h2-9,11,26-27H,10H2,1H3. The van der Waals surface area contributed by atoms with E-state index in [9.17, 15) is 18.4 Å². The van der Waals surface area contributed by atoms with Gasteiger partial charge < -0.3 is 13.1 Å². The third-order valence-corrected chi connectivity index (χ3v) is 4.23. The van der Waals surface area contributed by atoms with Gasteiger partial charge in [-0.15, -0.1) is 0 Å². The zero-order chi connectivity index (χ0) is 20.0. The Balaban J connectivity index is 2.08. The van der Waals surface area contributed by atoms with Crippen LogP contribution in [0.3, 0.4) is 0 Å². The predicted octanol–water partition coefficient (Wildman–Crippen LogP) is 4.39. The van der Waals surface area contributed by atoms with Gasteiger partial charge in [0.25, 0.3) is 0 Å². The molecule has 0 heterocycles. The van der Waals surface area contributed by atoms with E-state index < -0.39 is 24.0 Å². The second-order valence-electron chi connectivity index (χ2n) is 5.67. The zero-order valence-corrected chi connectivity index (χ0v) is 15.9. The largest absolute Gasteiger partial charge is 0.432 e. The first-order chi connectivity index (χ1) is 12.8. The van der Waals surface area contributed by atoms with Gasteiger partial charge in [0.1, 0.15) is 5.75 Å². The van der Waals surface area contributed by atoms with E-state index in [1.54, 1.807) is 12.1 Å². The summed E-state index contributed by atoms with van der Waals surface area (Å²) in [4.78, 5) is 22.5. The van der Waals surface area contributed by atoms with E-state index in [1.807, 2.05) is 0 Å². The molecular formula is C18H16F2O5S2. The first-order valence-corrected chi connectivity index (χ1v) is 8.45. The van der Waals surface area contributed by atoms with Gasteiger partial charge in [0, 0.05) is 25.8 Å². The van der Waals surface area contributed by atoms with Gasteiger partial charge in [0.05, 0.1) is 17.9 Å². The van der Waals surface area contributed by atoms with Crippen LogP contribution in [0.4, 0.5) is 8.78 Å². The number of ether oxygens (including phenoxy) is 1. The molecule has 2 rings (SSSR count). The first-order valence-electron chi connectivity index (χ1n) is 7.72. The molecule has 27 heavy (non-hydrogen) atoms. The van der Waals surface area contributed by atoms with E-state index in [-0.39, 0.29) is 17.7 Å². The summed E-state index contributed by atoms with van der Waals surface area (Å²) in [6.45, 7) is 1.32. The van der Waals surface area contributed by atoms with Crippen molar-refractivity contribution in [2.24, 2.45) is 0 Å². The minimum atomic E-state index is -3.50. The summed E-state index contributed by atoms with van der Waals surface area (Å²) < 4.78 is 42.3. The third kappa shape index (κ3) is 5.61. The second kappa shape index (κ2) is 9.09. The first kappa shape index (κ1) is 21.0. The minimum absolute atomic E-state index is 0.00782. The van der Waals surface area contributed by atoms with E-state index >= 15 is 0 Å². The highest BCUT2D eigenvalue weighted by atomic mass is 32.1. The lowest BCUT2D eigenvalue weighted by Gasteiger charge is -2.24. The molecule has 0 saturated heterocycles. The molecule has 0 N–H and O–H groups in total. The Morgan fingerprint density at radius 1 is 1.00 bits per heavy atom. The van der Waals surface area contributed by atoms with E-state index in [1.165, 1.54) is 43.3 Å². The lowest BCUT2D eigenvalue weighted by atomic mass is 9.98. The highest BCUT2D eigenvalue weighted by Gasteiger charge is 2.40. The summed E-state index contributed by atoms with van der Waals surface area (Å²) in [5.41, 5.74) is 1.10. The molecule has 0 amide bonds. The molecule has 5 nitrogen and oxygen atoms in total. The van der Waals surface area contributed by atoms with Crippen LogP contribution in [0.25, 0.3) is 0 Å². The number of alkyl halides is 2. The number of carbonyl (C=O) groups is 2. The fourth-order valence-corrected chi connectivity index (χ4v) is 2.44. The van der Waals surface area contributed by atoms with Crippen LogP contribution in [0.5, 0.6) is 5.75 Å². The maximum Gasteiger partial charge on any atom is 0.404 e. The zero-order valence-electron chi connectivity index (χ0n) is 14.1. The lowest BCUT2D eigenvalue weighted by Crippen LogP contribution is -2.31. The van der Waals surface area contributed by atoms with Crippen LogP contribution < -0.4 is 4.74 Å². The van der Waals surface area contributed by atoms with E-state index in [4.69, 9.17) is 4.74 Å². The molecule has 2 aromatic carbocycles. The monoisotopic (exact) mass is 414 g/mol. The van der Waals surface area contributed by atoms with Crippen LogP contribution in [0.2, 0.25) is 0 Å². The quantitative estimate of drug-likeness (QED) is 0.520. The molecule has 2 aromatic rings. The number of rotatable bonds is 7. The van der Waals surface area contributed by atoms with Crippen LogP contribution in [0.15, 0.2) is 48.5 Å². The molecule has 1 atom stereocenters. The number of thiol groups is 2. The number of carbonyl (C=O) groups excluding carboxylic acids is 2. The fourth-order valence-electron chi connectivity index (χ4n) is 2.27. The molecule has 0 fully saturated rings. The maximum absolute atomic E-state index is 14.5. The number of halogens is 2. The number of hydrogen-bond acceptors (Lipinski definition) is 7. The summed E-state index contributed by atoms with van der Waals surface area (Å²) in [6, 6.07) is 11.2. The van der Waals surface area contributed by atoms with Crippen molar-refractivity contribution in [3.05, 3.63) is 65.2 Å². The van der Waals surface area contributed by atoms with Gasteiger partial charge in [-0.3, -0.25) is 4.79 Å². The van der Waals surface area contributed by atoms with E-state index in [0.717, 1.165) is 0 Å². The molecule has 0 radical (unpaired) electrons. The van der Waals surface area contributed by atoms with Gasteiger partial charge in [-0.2, -0.15) is 8.78 Å². The average molecular weight is 414 g/mol. The molecular weight excluding hydrogens is 398 g/mol. The van der Waals surface area contributed by atoms with Crippen LogP contribution in [0.1, 0.15) is 34.3 Å². The molecule has 0 spiro atoms. The Kier molecular flexibility index (Phi) is 7.09. The molecule has 0 aliphatic carbocycles. The highest BCUT2D eigenvalue weighted by molar-refractivity contribution is 7.75. The van der Waals surface area contributed by atoms with Crippen molar-refractivity contribution in [1.82, 2.24) is 0 Å². The van der Waals surface area contributed by atoms with Gasteiger partial charge in [-0.05, 0) is 42.3 Å². The molecule has 9 heteroatoms. The summed E-state index contributed by atoms with van der Waals surface area (Å²) >= 11 is 6.80. The smallest absolute Gasteiger partial charge is 0.404 e. The van der Waals surface area contributed by atoms with Crippen molar-refractivity contribution < 1.29 is 31.5 Å². The van der Waals surface area contributed by atoms with Crippen LogP contribution in [0, 0.1) is 0 Å². The summed E-state index contributed by atoms with van der Waals surface area (Å²) in [5, 5.41) is 0. The van der Waals surface area contributed by atoms with Gasteiger partial charge >= 0.3 is 18.0 Å². The van der Waals surface area contributed by atoms with Crippen molar-refractivity contribution >= 4 is 37.8 Å². The van der Waals surface area contributed by atoms with Crippen molar-refractivity contribution in [3.8, 4) is 5.75 Å². The van der Waals surface area contributed by atoms with Crippen LogP contribution in [-0.4, -0.2) is 18.0 Å². The van der Waals surface area contributed by atoms with Gasteiger partial charge in [0.15, 0.2) is 0 Å². The van der Waals surface area contributed by atoms with E-state index in [0.29, 0.717) is 11.1 Å². The summed E-state index contributed by atoms with van der Waals surface area (Å²) in [7, 11) is 0. The van der Waals surface area contributed by atoms with Crippen LogP contribution in [-0.2, 0) is 19.6 Å². The predicted molar refractivity (Wildman–Crippen MR) is 100 cm³/mol. The number of benzene rings is 2. The van der Waals surface area contributed by atoms with Gasteiger partial charge in [-0.1, -0.05) is 24.3 Å². The summed E-state index contributed by atoms with van der Waals surface area (Å²) in [5.74, 6) is -2.61. The van der Waals surface area contributed by atoms with Crippen molar-refractivity contribution in [2.75, 3.05) is 0 Å². The lowest BCUT2D eigenvalue weighted by molar-refractivity contribution is -0.191. The topological polar surface area (TPSA) is 61.8 Å². The van der Waals surface area contributed by atoms with Crippen molar-refractivity contribution in [1.29, 1.82) is 0 Å². The molecule has 144 valence electrons. The molecule has 0 saturated carbocycles. The van der Waals surface area contributed by atoms with Crippen molar-refractivity contribution in [3.63, 3.8) is 0 Å². The highest BCUT2D eigenvalue weighted by Crippen LogP contribution is 2.35. The average Bonchev–Trinajstić information content (AvgIpc) is 2.67. The number of hydrogen-bond donors (Lipinski definition) is 2. The molecule has 1 unspecified atom stereocenters. The van der Waals surface area contributed by atoms with E-state index in [2.05, 4.69) is 34.2 Å². The Morgan fingerprint density at radius 2 is 1.59 bits per heavy atom. The normalized spacial score (nSPS) is 12.2. The molecule has 0 bridgehead atoms. The Bertz CT molecular complexity index is 794. The minimum Gasteiger partial charge on any atom is -0.432 e. The molecule has 0 aliphatic rings. The molecule has 0 aliphatic heterocycles. The second-order valence-corrected chi connectivity index (χ2v) is 6.04. The Labute approximate surface area is 165 Å². The molecule has 0 aromatic heterocycles. The van der Waals surface area contributed by atoms with Crippen molar-refractivity contribution in [2.45, 2.75) is 25.4 Å². The Hall–Kier alpha value is -2.26.